The summed E-state index contributed by atoms with van der Waals surface area (Å²) in [6.07, 6.45) is 0.281. The Hall–Kier alpha value is -1.14. The topological polar surface area (TPSA) is 78.9 Å². The summed E-state index contributed by atoms with van der Waals surface area (Å²) in [5.41, 5.74) is 1.55. The van der Waals surface area contributed by atoms with E-state index >= 15 is 0 Å². The Morgan fingerprint density at radius 2 is 2.21 bits per heavy atom. The van der Waals surface area contributed by atoms with Gasteiger partial charge >= 0.3 is 0 Å². The van der Waals surface area contributed by atoms with E-state index in [0.717, 1.165) is 0 Å². The number of likely N-dealkylation sites (tertiary alicyclic amines) is 1. The average molecular weight is 202 g/mol. The molecule has 0 aliphatic carbocycles. The van der Waals surface area contributed by atoms with Crippen molar-refractivity contribution < 1.29 is 19.5 Å². The van der Waals surface area contributed by atoms with Crippen molar-refractivity contribution in [1.82, 2.24) is 10.4 Å². The third-order valence-electron chi connectivity index (χ3n) is 2.41. The second-order valence-electron chi connectivity index (χ2n) is 3.26. The fourth-order valence-electron chi connectivity index (χ4n) is 1.64. The Morgan fingerprint density at radius 3 is 2.64 bits per heavy atom. The molecule has 1 aliphatic heterocycles. The lowest BCUT2D eigenvalue weighted by molar-refractivity contribution is -0.141. The molecule has 2 atom stereocenters. The number of carbonyl (C=O) groups excluding carboxylic acids is 2. The third kappa shape index (κ3) is 2.02. The van der Waals surface area contributed by atoms with E-state index in [-0.39, 0.29) is 12.0 Å². The van der Waals surface area contributed by atoms with Gasteiger partial charge in [-0.2, -0.15) is 0 Å². The van der Waals surface area contributed by atoms with Crippen molar-refractivity contribution in [3.8, 4) is 0 Å². The molecule has 1 fully saturated rings. The van der Waals surface area contributed by atoms with Crippen molar-refractivity contribution in [2.24, 2.45) is 0 Å². The number of amides is 2. The monoisotopic (exact) mass is 202 g/mol. The molecule has 80 valence electrons. The zero-order valence-corrected chi connectivity index (χ0v) is 8.19. The molecule has 0 radical (unpaired) electrons. The van der Waals surface area contributed by atoms with Gasteiger partial charge in [0.1, 0.15) is 6.04 Å². The van der Waals surface area contributed by atoms with Crippen LogP contribution in [0.4, 0.5) is 0 Å². The highest BCUT2D eigenvalue weighted by Crippen LogP contribution is 2.19. The highest BCUT2D eigenvalue weighted by atomic mass is 16.5. The molecule has 6 heteroatoms. The first-order valence-corrected chi connectivity index (χ1v) is 4.34. The summed E-state index contributed by atoms with van der Waals surface area (Å²) in [5.74, 6) is -0.766. The van der Waals surface area contributed by atoms with E-state index in [1.54, 1.807) is 5.48 Å². The molecule has 2 amide bonds. The van der Waals surface area contributed by atoms with Crippen molar-refractivity contribution in [2.45, 2.75) is 25.5 Å². The van der Waals surface area contributed by atoms with E-state index in [4.69, 9.17) is 9.94 Å². The van der Waals surface area contributed by atoms with Crippen molar-refractivity contribution in [3.63, 3.8) is 0 Å². The van der Waals surface area contributed by atoms with Gasteiger partial charge in [0.05, 0.1) is 6.10 Å². The zero-order valence-electron chi connectivity index (χ0n) is 8.19. The highest BCUT2D eigenvalue weighted by molar-refractivity contribution is 5.86. The lowest BCUT2D eigenvalue weighted by Gasteiger charge is -2.20. The quantitative estimate of drug-likeness (QED) is 0.450. The lowest BCUT2D eigenvalue weighted by Crippen LogP contribution is -2.44. The Balaban J connectivity index is 2.71. The van der Waals surface area contributed by atoms with Gasteiger partial charge in [0.25, 0.3) is 5.91 Å². The summed E-state index contributed by atoms with van der Waals surface area (Å²) >= 11 is 0. The van der Waals surface area contributed by atoms with Crippen molar-refractivity contribution in [1.29, 1.82) is 0 Å². The van der Waals surface area contributed by atoms with E-state index in [1.165, 1.54) is 18.9 Å². The molecule has 0 saturated carbocycles. The number of nitrogens with zero attached hydrogens (tertiary/aromatic N) is 1. The molecule has 0 bridgehead atoms. The predicted molar refractivity (Wildman–Crippen MR) is 46.5 cm³/mol. The molecule has 0 aromatic carbocycles. The van der Waals surface area contributed by atoms with E-state index in [0.29, 0.717) is 13.0 Å². The Kier molecular flexibility index (Phi) is 3.43. The minimum absolute atomic E-state index is 0.138. The van der Waals surface area contributed by atoms with Gasteiger partial charge in [-0.05, 0) is 0 Å². The number of rotatable bonds is 2. The third-order valence-corrected chi connectivity index (χ3v) is 2.41. The summed E-state index contributed by atoms with van der Waals surface area (Å²) in [6.45, 7) is 1.78. The summed E-state index contributed by atoms with van der Waals surface area (Å²) in [4.78, 5) is 23.7. The molecular weight excluding hydrogens is 188 g/mol. The average Bonchev–Trinajstić information content (AvgIpc) is 2.60. The number of hydrogen-bond acceptors (Lipinski definition) is 4. The number of carbonyl (C=O) groups is 2. The molecule has 6 nitrogen and oxygen atoms in total. The van der Waals surface area contributed by atoms with Gasteiger partial charge in [-0.25, -0.2) is 5.48 Å². The Labute approximate surface area is 81.8 Å². The maximum absolute atomic E-state index is 11.2. The summed E-state index contributed by atoms with van der Waals surface area (Å²) in [7, 11) is 1.53. The fourth-order valence-corrected chi connectivity index (χ4v) is 1.64. The molecule has 14 heavy (non-hydrogen) atoms. The molecule has 0 aromatic heterocycles. The standard InChI is InChI=1S/C8H14N2O4/c1-5(11)10-4-6(14-2)3-7(10)8(12)9-13/h6-7,13H,3-4H2,1-2H3,(H,9,12). The molecule has 0 aromatic rings. The van der Waals surface area contributed by atoms with E-state index in [9.17, 15) is 9.59 Å². The second-order valence-corrected chi connectivity index (χ2v) is 3.26. The maximum Gasteiger partial charge on any atom is 0.266 e. The van der Waals surface area contributed by atoms with Crippen LogP contribution in [0.25, 0.3) is 0 Å². The molecule has 2 unspecified atom stereocenters. The van der Waals surface area contributed by atoms with Crippen LogP contribution >= 0.6 is 0 Å². The molecule has 1 heterocycles. The molecule has 2 N–H and O–H groups in total. The smallest absolute Gasteiger partial charge is 0.266 e. The summed E-state index contributed by atoms with van der Waals surface area (Å²) < 4.78 is 5.06. The maximum atomic E-state index is 11.2. The summed E-state index contributed by atoms with van der Waals surface area (Å²) in [6, 6.07) is -0.623. The minimum atomic E-state index is -0.623. The summed E-state index contributed by atoms with van der Waals surface area (Å²) in [5, 5.41) is 8.48. The van der Waals surface area contributed by atoms with Crippen LogP contribution in [-0.2, 0) is 14.3 Å². The largest absolute Gasteiger partial charge is 0.380 e. The number of nitrogens with one attached hydrogen (secondary N) is 1. The predicted octanol–water partition coefficient (Wildman–Crippen LogP) is -0.872. The van der Waals surface area contributed by atoms with Crippen LogP contribution in [0.5, 0.6) is 0 Å². The van der Waals surface area contributed by atoms with Crippen LogP contribution in [0.1, 0.15) is 13.3 Å². The first kappa shape index (κ1) is 10.9. The number of hydroxylamine groups is 1. The van der Waals surface area contributed by atoms with Gasteiger partial charge in [-0.15, -0.1) is 0 Å². The van der Waals surface area contributed by atoms with Crippen molar-refractivity contribution in [2.75, 3.05) is 13.7 Å². The molecular formula is C8H14N2O4. The Morgan fingerprint density at radius 1 is 1.57 bits per heavy atom. The van der Waals surface area contributed by atoms with E-state index in [1.807, 2.05) is 0 Å². The van der Waals surface area contributed by atoms with Gasteiger partial charge in [0, 0.05) is 27.0 Å². The van der Waals surface area contributed by atoms with Crippen molar-refractivity contribution >= 4 is 11.8 Å². The van der Waals surface area contributed by atoms with Gasteiger partial charge in [0.2, 0.25) is 5.91 Å². The zero-order chi connectivity index (χ0) is 10.7. The van der Waals surface area contributed by atoms with Crippen molar-refractivity contribution in [3.05, 3.63) is 0 Å². The Bertz CT molecular complexity index is 243. The first-order valence-electron chi connectivity index (χ1n) is 4.34. The fraction of sp³-hybridized carbons (Fsp3) is 0.750. The van der Waals surface area contributed by atoms with Crippen LogP contribution in [-0.4, -0.2) is 47.7 Å². The lowest BCUT2D eigenvalue weighted by atomic mass is 10.2. The molecule has 1 saturated heterocycles. The normalized spacial score (nSPS) is 26.4. The first-order chi connectivity index (χ1) is 6.60. The highest BCUT2D eigenvalue weighted by Gasteiger charge is 2.38. The van der Waals surface area contributed by atoms with Gasteiger partial charge in [-0.1, -0.05) is 0 Å². The molecule has 1 aliphatic rings. The van der Waals surface area contributed by atoms with Crippen LogP contribution in [0, 0.1) is 0 Å². The van der Waals surface area contributed by atoms with Crippen LogP contribution in [0.2, 0.25) is 0 Å². The van der Waals surface area contributed by atoms with Gasteiger partial charge in [0.15, 0.2) is 0 Å². The number of methoxy groups -OCH3 is 1. The van der Waals surface area contributed by atoms with E-state index in [2.05, 4.69) is 0 Å². The number of hydrogen-bond donors (Lipinski definition) is 2. The molecule has 0 spiro atoms. The van der Waals surface area contributed by atoms with Gasteiger partial charge in [-0.3, -0.25) is 14.8 Å². The minimum Gasteiger partial charge on any atom is -0.380 e. The van der Waals surface area contributed by atoms with Crippen LogP contribution in [0.15, 0.2) is 0 Å². The second kappa shape index (κ2) is 4.39. The van der Waals surface area contributed by atoms with Crippen LogP contribution in [0.3, 0.4) is 0 Å². The SMILES string of the molecule is COC1CC(C(=O)NO)N(C(C)=O)C1. The van der Waals surface area contributed by atoms with Crippen LogP contribution < -0.4 is 5.48 Å². The molecule has 1 rings (SSSR count). The number of ether oxygens (including phenoxy) is 1. The van der Waals surface area contributed by atoms with Gasteiger partial charge < -0.3 is 9.64 Å². The van der Waals surface area contributed by atoms with E-state index < -0.39 is 11.9 Å².